The lowest BCUT2D eigenvalue weighted by molar-refractivity contribution is -0.168. The molecule has 2 aliphatic heterocycles. The quantitative estimate of drug-likeness (QED) is 0.609. The van der Waals surface area contributed by atoms with E-state index in [0.717, 1.165) is 26.3 Å². The molecule has 1 spiro atoms. The van der Waals surface area contributed by atoms with Crippen LogP contribution in [0.25, 0.3) is 0 Å². The van der Waals surface area contributed by atoms with Crippen LogP contribution in [0.15, 0.2) is 0 Å². The lowest BCUT2D eigenvalue weighted by atomic mass is 9.63. The highest BCUT2D eigenvalue weighted by Crippen LogP contribution is 2.48. The maximum absolute atomic E-state index is 11.5. The van der Waals surface area contributed by atoms with E-state index in [1.54, 1.807) is 6.92 Å². The molecular weight excluding hydrogens is 154 g/mol. The first-order valence-corrected chi connectivity index (χ1v) is 4.40. The number of carbonyl (C=O) groups is 1. The fraction of sp³-hybridized carbons (Fsp3) is 0.889. The van der Waals surface area contributed by atoms with Crippen LogP contribution < -0.4 is 5.32 Å². The van der Waals surface area contributed by atoms with Crippen molar-refractivity contribution >= 4 is 5.78 Å². The number of nitrogens with one attached hydrogen (secondary N) is 1. The van der Waals surface area contributed by atoms with Crippen LogP contribution in [-0.4, -0.2) is 32.1 Å². The van der Waals surface area contributed by atoms with Crippen LogP contribution in [0.5, 0.6) is 0 Å². The maximum Gasteiger partial charge on any atom is 0.137 e. The van der Waals surface area contributed by atoms with Crippen LogP contribution in [0.3, 0.4) is 0 Å². The molecule has 3 heteroatoms. The summed E-state index contributed by atoms with van der Waals surface area (Å²) in [5, 5.41) is 3.29. The maximum atomic E-state index is 11.5. The Morgan fingerprint density at radius 3 is 2.42 bits per heavy atom. The van der Waals surface area contributed by atoms with E-state index in [1.165, 1.54) is 0 Å². The molecule has 0 aromatic heterocycles. The van der Waals surface area contributed by atoms with Crippen LogP contribution in [0.4, 0.5) is 0 Å². The fourth-order valence-corrected chi connectivity index (χ4v) is 2.20. The number of hydrogen-bond acceptors (Lipinski definition) is 3. The number of ketones is 1. The molecule has 0 saturated carbocycles. The second-order valence-corrected chi connectivity index (χ2v) is 4.26. The van der Waals surface area contributed by atoms with Crippen LogP contribution >= 0.6 is 0 Å². The summed E-state index contributed by atoms with van der Waals surface area (Å²) in [7, 11) is 0. The Morgan fingerprint density at radius 1 is 1.42 bits per heavy atom. The summed E-state index contributed by atoms with van der Waals surface area (Å²) >= 11 is 0. The van der Waals surface area contributed by atoms with Gasteiger partial charge in [-0.2, -0.15) is 0 Å². The van der Waals surface area contributed by atoms with Gasteiger partial charge >= 0.3 is 0 Å². The molecular formula is C9H15NO2. The van der Waals surface area contributed by atoms with Crippen molar-refractivity contribution in [1.29, 1.82) is 0 Å². The van der Waals surface area contributed by atoms with Gasteiger partial charge in [0.2, 0.25) is 0 Å². The molecule has 0 radical (unpaired) electrons. The van der Waals surface area contributed by atoms with E-state index >= 15 is 0 Å². The average Bonchev–Trinajstić information content (AvgIpc) is 2.26. The first kappa shape index (κ1) is 8.20. The average molecular weight is 169 g/mol. The molecule has 68 valence electrons. The third kappa shape index (κ3) is 0.756. The molecule has 3 nitrogen and oxygen atoms in total. The van der Waals surface area contributed by atoms with Gasteiger partial charge in [-0.15, -0.1) is 0 Å². The second-order valence-electron chi connectivity index (χ2n) is 4.26. The zero-order valence-corrected chi connectivity index (χ0v) is 7.64. The lowest BCUT2D eigenvalue weighted by Gasteiger charge is -2.47. The monoisotopic (exact) mass is 169 g/mol. The van der Waals surface area contributed by atoms with Gasteiger partial charge in [-0.1, -0.05) is 6.92 Å². The Morgan fingerprint density at radius 2 is 2.08 bits per heavy atom. The number of carbonyl (C=O) groups excluding carboxylic acids is 1. The SMILES string of the molecule is CC(=O)C1(C)CNCC12COC2. The minimum absolute atomic E-state index is 0.110. The summed E-state index contributed by atoms with van der Waals surface area (Å²) in [5.74, 6) is 0.288. The molecule has 2 rings (SSSR count). The molecule has 2 saturated heterocycles. The van der Waals surface area contributed by atoms with E-state index in [2.05, 4.69) is 12.2 Å². The summed E-state index contributed by atoms with van der Waals surface area (Å²) in [4.78, 5) is 11.5. The smallest absolute Gasteiger partial charge is 0.137 e. The zero-order valence-electron chi connectivity index (χ0n) is 7.64. The standard InChI is InChI=1S/C9H15NO2/c1-7(11)8(2)3-10-4-9(8)5-12-6-9/h10H,3-6H2,1-2H3. The summed E-state index contributed by atoms with van der Waals surface area (Å²) in [6, 6.07) is 0. The number of rotatable bonds is 1. The van der Waals surface area contributed by atoms with Gasteiger partial charge in [-0.05, 0) is 6.92 Å². The topological polar surface area (TPSA) is 38.3 Å². The molecule has 0 bridgehead atoms. The van der Waals surface area contributed by atoms with Crippen molar-refractivity contribution in [3.8, 4) is 0 Å². The Labute approximate surface area is 72.5 Å². The Balaban J connectivity index is 2.29. The highest BCUT2D eigenvalue weighted by molar-refractivity contribution is 5.84. The summed E-state index contributed by atoms with van der Waals surface area (Å²) in [5.41, 5.74) is -0.0793. The van der Waals surface area contributed by atoms with Gasteiger partial charge in [0.15, 0.2) is 0 Å². The number of hydrogen-bond donors (Lipinski definition) is 1. The second kappa shape index (κ2) is 2.30. The van der Waals surface area contributed by atoms with Crippen molar-refractivity contribution in [3.05, 3.63) is 0 Å². The highest BCUT2D eigenvalue weighted by atomic mass is 16.5. The molecule has 0 amide bonds. The summed E-state index contributed by atoms with van der Waals surface area (Å²) in [6.45, 7) is 6.98. The van der Waals surface area contributed by atoms with E-state index in [0.29, 0.717) is 0 Å². The molecule has 1 N–H and O–H groups in total. The Bertz CT molecular complexity index is 223. The minimum Gasteiger partial charge on any atom is -0.380 e. The summed E-state index contributed by atoms with van der Waals surface area (Å²) in [6.07, 6.45) is 0. The first-order chi connectivity index (χ1) is 5.61. The van der Waals surface area contributed by atoms with E-state index in [4.69, 9.17) is 4.74 Å². The van der Waals surface area contributed by atoms with Gasteiger partial charge in [0, 0.05) is 23.9 Å². The van der Waals surface area contributed by atoms with E-state index in [1.807, 2.05) is 0 Å². The van der Waals surface area contributed by atoms with E-state index in [9.17, 15) is 4.79 Å². The molecule has 1 atom stereocenters. The molecule has 12 heavy (non-hydrogen) atoms. The van der Waals surface area contributed by atoms with Crippen molar-refractivity contribution in [2.75, 3.05) is 26.3 Å². The van der Waals surface area contributed by atoms with Crippen molar-refractivity contribution in [2.45, 2.75) is 13.8 Å². The highest BCUT2D eigenvalue weighted by Gasteiger charge is 2.58. The van der Waals surface area contributed by atoms with Crippen molar-refractivity contribution in [3.63, 3.8) is 0 Å². The van der Waals surface area contributed by atoms with Crippen molar-refractivity contribution in [2.24, 2.45) is 10.8 Å². The third-order valence-corrected chi connectivity index (χ3v) is 3.65. The Kier molecular flexibility index (Phi) is 1.57. The largest absolute Gasteiger partial charge is 0.380 e. The number of Topliss-reactive ketones (excluding diaryl/α,β-unsaturated/α-hetero) is 1. The first-order valence-electron chi connectivity index (χ1n) is 4.40. The molecule has 2 aliphatic rings. The van der Waals surface area contributed by atoms with Crippen LogP contribution in [0, 0.1) is 10.8 Å². The third-order valence-electron chi connectivity index (χ3n) is 3.65. The molecule has 2 heterocycles. The predicted octanol–water partition coefficient (Wildman–Crippen LogP) is 0.201. The van der Waals surface area contributed by atoms with Gasteiger partial charge in [-0.25, -0.2) is 0 Å². The zero-order chi connectivity index (χ0) is 8.82. The van der Waals surface area contributed by atoms with Crippen LogP contribution in [0.2, 0.25) is 0 Å². The molecule has 2 fully saturated rings. The number of ether oxygens (including phenoxy) is 1. The van der Waals surface area contributed by atoms with Gasteiger partial charge in [-0.3, -0.25) is 4.79 Å². The van der Waals surface area contributed by atoms with E-state index in [-0.39, 0.29) is 16.6 Å². The van der Waals surface area contributed by atoms with Gasteiger partial charge in [0.05, 0.1) is 13.2 Å². The lowest BCUT2D eigenvalue weighted by Crippen LogP contribution is -2.56. The molecule has 0 aliphatic carbocycles. The molecule has 0 aromatic carbocycles. The van der Waals surface area contributed by atoms with Crippen molar-refractivity contribution < 1.29 is 9.53 Å². The van der Waals surface area contributed by atoms with E-state index < -0.39 is 0 Å². The Hall–Kier alpha value is -0.410. The van der Waals surface area contributed by atoms with Crippen LogP contribution in [0.1, 0.15) is 13.8 Å². The van der Waals surface area contributed by atoms with Gasteiger partial charge in [0.25, 0.3) is 0 Å². The molecule has 1 unspecified atom stereocenters. The predicted molar refractivity (Wildman–Crippen MR) is 44.9 cm³/mol. The van der Waals surface area contributed by atoms with Crippen LogP contribution in [-0.2, 0) is 9.53 Å². The fourth-order valence-electron chi connectivity index (χ4n) is 2.20. The van der Waals surface area contributed by atoms with Crippen molar-refractivity contribution in [1.82, 2.24) is 5.32 Å². The molecule has 0 aromatic rings. The van der Waals surface area contributed by atoms with Gasteiger partial charge < -0.3 is 10.1 Å². The summed E-state index contributed by atoms with van der Waals surface area (Å²) < 4.78 is 5.21. The van der Waals surface area contributed by atoms with Gasteiger partial charge in [0.1, 0.15) is 5.78 Å². The normalized spacial score (nSPS) is 38.2. The minimum atomic E-state index is -0.189.